The molecule has 6 heteroatoms. The molecule has 0 spiro atoms. The minimum Gasteiger partial charge on any atom is -0.358 e. The lowest BCUT2D eigenvalue weighted by molar-refractivity contribution is -0.121. The molecule has 0 fully saturated rings. The Labute approximate surface area is 134 Å². The zero-order valence-corrected chi connectivity index (χ0v) is 12.8. The van der Waals surface area contributed by atoms with Gasteiger partial charge in [-0.05, 0) is 27.1 Å². The molecule has 1 N–H and O–H groups in total. The second-order valence-electron chi connectivity index (χ2n) is 5.17. The second kappa shape index (κ2) is 6.83. The molecule has 3 aromatic rings. The first-order valence-corrected chi connectivity index (χ1v) is 7.36. The van der Waals surface area contributed by atoms with Crippen molar-refractivity contribution in [3.8, 4) is 11.1 Å². The summed E-state index contributed by atoms with van der Waals surface area (Å²) >= 11 is 0. The highest BCUT2D eigenvalue weighted by Crippen LogP contribution is 2.20. The van der Waals surface area contributed by atoms with Crippen molar-refractivity contribution in [2.45, 2.75) is 13.0 Å². The number of rotatable bonds is 5. The van der Waals surface area contributed by atoms with E-state index in [1.165, 1.54) is 15.8 Å². The first kappa shape index (κ1) is 14.9. The quantitative estimate of drug-likeness (QED) is 0.778. The van der Waals surface area contributed by atoms with Gasteiger partial charge in [0.15, 0.2) is 5.82 Å². The molecule has 2 aromatic carbocycles. The summed E-state index contributed by atoms with van der Waals surface area (Å²) in [5, 5.41) is 14.1. The van der Waals surface area contributed by atoms with Crippen molar-refractivity contribution in [3.63, 3.8) is 0 Å². The van der Waals surface area contributed by atoms with E-state index in [1.54, 1.807) is 7.05 Å². The third kappa shape index (κ3) is 3.60. The fourth-order valence-electron chi connectivity index (χ4n) is 2.32. The van der Waals surface area contributed by atoms with Gasteiger partial charge in [0.05, 0.1) is 0 Å². The lowest BCUT2D eigenvalue weighted by atomic mass is 10.0. The third-order valence-corrected chi connectivity index (χ3v) is 3.60. The first-order valence-electron chi connectivity index (χ1n) is 7.36. The van der Waals surface area contributed by atoms with Crippen LogP contribution >= 0.6 is 0 Å². The zero-order chi connectivity index (χ0) is 16.1. The van der Waals surface area contributed by atoms with E-state index in [9.17, 15) is 4.79 Å². The number of carbonyl (C=O) groups excluding carboxylic acids is 1. The van der Waals surface area contributed by atoms with Crippen molar-refractivity contribution >= 4 is 5.91 Å². The van der Waals surface area contributed by atoms with Crippen LogP contribution < -0.4 is 5.32 Å². The Balaban J connectivity index is 1.74. The summed E-state index contributed by atoms with van der Waals surface area (Å²) in [5.74, 6) is 0.541. The van der Waals surface area contributed by atoms with E-state index in [0.29, 0.717) is 12.2 Å². The number of amides is 1. The van der Waals surface area contributed by atoms with E-state index in [4.69, 9.17) is 0 Å². The summed E-state index contributed by atoms with van der Waals surface area (Å²) in [6.07, 6.45) is 0.582. The molecule has 0 atom stereocenters. The molecule has 0 aliphatic heterocycles. The molecular formula is C17H17N5O. The molecule has 116 valence electrons. The van der Waals surface area contributed by atoms with E-state index >= 15 is 0 Å². The van der Waals surface area contributed by atoms with Crippen molar-refractivity contribution in [1.29, 1.82) is 0 Å². The molecule has 0 aliphatic carbocycles. The van der Waals surface area contributed by atoms with Crippen LogP contribution in [0.25, 0.3) is 11.1 Å². The van der Waals surface area contributed by atoms with E-state index in [2.05, 4.69) is 57.2 Å². The van der Waals surface area contributed by atoms with Crippen molar-refractivity contribution in [2.24, 2.45) is 0 Å². The lowest BCUT2D eigenvalue weighted by Crippen LogP contribution is -2.25. The van der Waals surface area contributed by atoms with Gasteiger partial charge in [-0.1, -0.05) is 54.6 Å². The molecule has 0 saturated heterocycles. The van der Waals surface area contributed by atoms with Crippen LogP contribution in [0, 0.1) is 0 Å². The molecule has 0 aliphatic rings. The summed E-state index contributed by atoms with van der Waals surface area (Å²) in [7, 11) is 1.59. The summed E-state index contributed by atoms with van der Waals surface area (Å²) in [4.78, 5) is 11.5. The fourth-order valence-corrected chi connectivity index (χ4v) is 2.32. The van der Waals surface area contributed by atoms with Crippen molar-refractivity contribution in [1.82, 2.24) is 25.5 Å². The van der Waals surface area contributed by atoms with Crippen molar-refractivity contribution in [2.75, 3.05) is 7.05 Å². The monoisotopic (exact) mass is 307 g/mol. The number of aromatic nitrogens is 4. The molecule has 0 bridgehead atoms. The number of hydrogen-bond donors (Lipinski definition) is 1. The minimum absolute atomic E-state index is 0.126. The predicted molar refractivity (Wildman–Crippen MR) is 86.6 cm³/mol. The van der Waals surface area contributed by atoms with E-state index in [-0.39, 0.29) is 12.5 Å². The normalized spacial score (nSPS) is 10.5. The summed E-state index contributed by atoms with van der Waals surface area (Å²) in [6, 6.07) is 18.5. The molecule has 6 nitrogen and oxygen atoms in total. The number of tetrazole rings is 1. The van der Waals surface area contributed by atoms with Crippen LogP contribution in [0.5, 0.6) is 0 Å². The number of nitrogens with zero attached hydrogens (tertiary/aromatic N) is 4. The Kier molecular flexibility index (Phi) is 4.42. The van der Waals surface area contributed by atoms with E-state index < -0.39 is 0 Å². The molecule has 1 heterocycles. The predicted octanol–water partition coefficient (Wildman–Crippen LogP) is 1.68. The summed E-state index contributed by atoms with van der Waals surface area (Å²) < 4.78 is 1.52. The van der Waals surface area contributed by atoms with Crippen LogP contribution in [-0.2, 0) is 17.8 Å². The Morgan fingerprint density at radius 1 is 1.04 bits per heavy atom. The average Bonchev–Trinajstić information content (AvgIpc) is 3.03. The van der Waals surface area contributed by atoms with Gasteiger partial charge in [0.2, 0.25) is 5.91 Å². The molecule has 0 radical (unpaired) electrons. The smallest absolute Gasteiger partial charge is 0.241 e. The number of benzene rings is 2. The van der Waals surface area contributed by atoms with Crippen LogP contribution in [0.4, 0.5) is 0 Å². The largest absolute Gasteiger partial charge is 0.358 e. The second-order valence-corrected chi connectivity index (χ2v) is 5.17. The summed E-state index contributed by atoms with van der Waals surface area (Å²) in [5.41, 5.74) is 3.44. The average molecular weight is 307 g/mol. The summed E-state index contributed by atoms with van der Waals surface area (Å²) in [6.45, 7) is 0.126. The van der Waals surface area contributed by atoms with Crippen LogP contribution in [0.3, 0.4) is 0 Å². The van der Waals surface area contributed by atoms with E-state index in [1.807, 2.05) is 18.2 Å². The van der Waals surface area contributed by atoms with Crippen LogP contribution in [0.2, 0.25) is 0 Å². The van der Waals surface area contributed by atoms with Gasteiger partial charge in [-0.3, -0.25) is 4.79 Å². The maximum Gasteiger partial charge on any atom is 0.241 e. The SMILES string of the molecule is CNC(=O)Cn1nnnc1Cc1ccc(-c2ccccc2)cc1. The van der Waals surface area contributed by atoms with Gasteiger partial charge in [-0.2, -0.15) is 0 Å². The topological polar surface area (TPSA) is 72.7 Å². The van der Waals surface area contributed by atoms with Crippen molar-refractivity contribution < 1.29 is 4.79 Å². The minimum atomic E-state index is -0.127. The molecule has 1 amide bonds. The van der Waals surface area contributed by atoms with E-state index in [0.717, 1.165) is 5.56 Å². The van der Waals surface area contributed by atoms with Crippen molar-refractivity contribution in [3.05, 3.63) is 66.0 Å². The standard InChI is InChI=1S/C17H17N5O/c1-18-17(23)12-22-16(19-20-21-22)11-13-7-9-15(10-8-13)14-5-3-2-4-6-14/h2-10H,11-12H2,1H3,(H,18,23). The molecular weight excluding hydrogens is 290 g/mol. The van der Waals surface area contributed by atoms with Gasteiger partial charge in [0, 0.05) is 13.5 Å². The highest BCUT2D eigenvalue weighted by atomic mass is 16.2. The van der Waals surface area contributed by atoms with Gasteiger partial charge in [-0.15, -0.1) is 5.10 Å². The molecule has 0 saturated carbocycles. The van der Waals surface area contributed by atoms with Crippen LogP contribution in [0.1, 0.15) is 11.4 Å². The Morgan fingerprint density at radius 3 is 2.43 bits per heavy atom. The zero-order valence-electron chi connectivity index (χ0n) is 12.8. The maximum atomic E-state index is 11.5. The molecule has 3 rings (SSSR count). The molecule has 1 aromatic heterocycles. The van der Waals surface area contributed by atoms with Gasteiger partial charge >= 0.3 is 0 Å². The number of hydrogen-bond acceptors (Lipinski definition) is 4. The number of nitrogens with one attached hydrogen (secondary N) is 1. The maximum absolute atomic E-state index is 11.5. The van der Waals surface area contributed by atoms with Gasteiger partial charge in [0.1, 0.15) is 6.54 Å². The lowest BCUT2D eigenvalue weighted by Gasteiger charge is -2.05. The number of likely N-dealkylation sites (N-methyl/N-ethyl adjacent to an activating group) is 1. The molecule has 0 unspecified atom stereocenters. The highest BCUT2D eigenvalue weighted by Gasteiger charge is 2.10. The van der Waals surface area contributed by atoms with Crippen LogP contribution in [-0.4, -0.2) is 33.2 Å². The highest BCUT2D eigenvalue weighted by molar-refractivity contribution is 5.75. The Bertz CT molecular complexity index is 780. The number of carbonyl (C=O) groups is 1. The first-order chi connectivity index (χ1) is 11.3. The van der Waals surface area contributed by atoms with Gasteiger partial charge in [0.25, 0.3) is 0 Å². The molecule has 23 heavy (non-hydrogen) atoms. The third-order valence-electron chi connectivity index (χ3n) is 3.60. The van der Waals surface area contributed by atoms with Crippen LogP contribution in [0.15, 0.2) is 54.6 Å². The Hall–Kier alpha value is -3.02. The Morgan fingerprint density at radius 2 is 1.74 bits per heavy atom. The fraction of sp³-hybridized carbons (Fsp3) is 0.176. The van der Waals surface area contributed by atoms with Gasteiger partial charge in [-0.25, -0.2) is 4.68 Å². The van der Waals surface area contributed by atoms with Gasteiger partial charge < -0.3 is 5.32 Å².